The third kappa shape index (κ3) is 4.94. The molecular weight excluding hydrogens is 288 g/mol. The molecule has 6 nitrogen and oxygen atoms in total. The fourth-order valence-electron chi connectivity index (χ4n) is 1.91. The highest BCUT2D eigenvalue weighted by atomic mass is 16.4. The van der Waals surface area contributed by atoms with E-state index in [1.165, 1.54) is 12.2 Å². The molecule has 0 fully saturated rings. The minimum Gasteiger partial charge on any atom is -0.509 e. The predicted octanol–water partition coefficient (Wildman–Crippen LogP) is -0.0339. The first-order valence-corrected chi connectivity index (χ1v) is 6.85. The Kier molecular flexibility index (Phi) is 7.23. The number of benzene rings is 1. The highest BCUT2D eigenvalue weighted by Gasteiger charge is 2.35. The third-order valence-electron chi connectivity index (χ3n) is 3.24. The van der Waals surface area contributed by atoms with Crippen molar-refractivity contribution in [2.75, 3.05) is 0 Å². The van der Waals surface area contributed by atoms with Crippen LogP contribution >= 0.6 is 0 Å². The fraction of sp³-hybridized carbons (Fsp3) is 0.375. The van der Waals surface area contributed by atoms with Gasteiger partial charge in [-0.3, -0.25) is 0 Å². The van der Waals surface area contributed by atoms with Gasteiger partial charge < -0.3 is 30.6 Å². The molecule has 6 heteroatoms. The van der Waals surface area contributed by atoms with Gasteiger partial charge in [0, 0.05) is 0 Å². The molecule has 0 bridgehead atoms. The van der Waals surface area contributed by atoms with Crippen LogP contribution in [0.2, 0.25) is 0 Å². The van der Waals surface area contributed by atoms with Crippen LogP contribution in [-0.2, 0) is 0 Å². The number of aliphatic hydroxyl groups is 6. The average Bonchev–Trinajstić information content (AvgIpc) is 2.53. The molecule has 6 N–H and O–H groups in total. The monoisotopic (exact) mass is 310 g/mol. The molecule has 0 aliphatic carbocycles. The molecule has 0 aliphatic heterocycles. The molecule has 0 aromatic heterocycles. The van der Waals surface area contributed by atoms with E-state index in [1.807, 2.05) is 0 Å². The maximum absolute atomic E-state index is 9.84. The van der Waals surface area contributed by atoms with Gasteiger partial charge in [0.15, 0.2) is 0 Å². The van der Waals surface area contributed by atoms with E-state index in [1.54, 1.807) is 30.3 Å². The van der Waals surface area contributed by atoms with Gasteiger partial charge in [0.1, 0.15) is 30.2 Å². The van der Waals surface area contributed by atoms with Gasteiger partial charge in [0.25, 0.3) is 0 Å². The van der Waals surface area contributed by atoms with Gasteiger partial charge >= 0.3 is 0 Å². The minimum absolute atomic E-state index is 0.00682. The summed E-state index contributed by atoms with van der Waals surface area (Å²) in [7, 11) is 0. The lowest BCUT2D eigenvalue weighted by Gasteiger charge is -2.28. The van der Waals surface area contributed by atoms with Gasteiger partial charge in [-0.2, -0.15) is 0 Å². The second kappa shape index (κ2) is 8.67. The van der Waals surface area contributed by atoms with E-state index < -0.39 is 36.3 Å². The zero-order valence-electron chi connectivity index (χ0n) is 12.0. The van der Waals surface area contributed by atoms with E-state index in [0.717, 1.165) is 0 Å². The van der Waals surface area contributed by atoms with Crippen LogP contribution in [0.25, 0.3) is 6.08 Å². The topological polar surface area (TPSA) is 121 Å². The van der Waals surface area contributed by atoms with Gasteiger partial charge in [-0.25, -0.2) is 0 Å². The standard InChI is InChI=1S/C16H22O6/c1-2-6-11(17)13(19)15(21)16(22)14(20)12(18)9-10-7-4-3-5-8-10/h2-5,7-9,11,13-22H,1,6H2. The fourth-order valence-corrected chi connectivity index (χ4v) is 1.91. The summed E-state index contributed by atoms with van der Waals surface area (Å²) >= 11 is 0. The van der Waals surface area contributed by atoms with Crippen molar-refractivity contribution in [1.29, 1.82) is 0 Å². The van der Waals surface area contributed by atoms with Crippen LogP contribution in [0.3, 0.4) is 0 Å². The number of hydrogen-bond acceptors (Lipinski definition) is 6. The van der Waals surface area contributed by atoms with E-state index in [9.17, 15) is 30.6 Å². The first-order chi connectivity index (χ1) is 10.4. The molecule has 0 radical (unpaired) electrons. The Labute approximate surface area is 128 Å². The van der Waals surface area contributed by atoms with Crippen molar-refractivity contribution in [3.8, 4) is 0 Å². The maximum atomic E-state index is 9.84. The van der Waals surface area contributed by atoms with Gasteiger partial charge in [-0.15, -0.1) is 6.58 Å². The summed E-state index contributed by atoms with van der Waals surface area (Å²) in [5, 5.41) is 58.5. The van der Waals surface area contributed by atoms with E-state index in [4.69, 9.17) is 0 Å². The smallest absolute Gasteiger partial charge is 0.139 e. The van der Waals surface area contributed by atoms with Crippen molar-refractivity contribution >= 4 is 6.08 Å². The third-order valence-corrected chi connectivity index (χ3v) is 3.24. The Balaban J connectivity index is 2.76. The van der Waals surface area contributed by atoms with Gasteiger partial charge in [0.2, 0.25) is 0 Å². The molecule has 0 saturated heterocycles. The summed E-state index contributed by atoms with van der Waals surface area (Å²) in [5.41, 5.74) is 0.591. The molecule has 1 aromatic rings. The van der Waals surface area contributed by atoms with Gasteiger partial charge in [-0.05, 0) is 18.1 Å². The molecule has 5 atom stereocenters. The van der Waals surface area contributed by atoms with Crippen molar-refractivity contribution in [3.63, 3.8) is 0 Å². The molecule has 0 amide bonds. The Hall–Kier alpha value is -1.70. The van der Waals surface area contributed by atoms with E-state index in [0.29, 0.717) is 5.56 Å². The molecule has 1 aromatic carbocycles. The van der Waals surface area contributed by atoms with E-state index in [2.05, 4.69) is 6.58 Å². The molecule has 0 saturated carbocycles. The van der Waals surface area contributed by atoms with Gasteiger partial charge in [-0.1, -0.05) is 36.4 Å². The van der Waals surface area contributed by atoms with Crippen LogP contribution in [0.1, 0.15) is 12.0 Å². The maximum Gasteiger partial charge on any atom is 0.139 e. The summed E-state index contributed by atoms with van der Waals surface area (Å²) < 4.78 is 0. The quantitative estimate of drug-likeness (QED) is 0.296. The van der Waals surface area contributed by atoms with Crippen molar-refractivity contribution in [3.05, 3.63) is 54.3 Å². The molecule has 22 heavy (non-hydrogen) atoms. The lowest BCUT2D eigenvalue weighted by Crippen LogP contribution is -2.49. The summed E-state index contributed by atoms with van der Waals surface area (Å²) in [6.07, 6.45) is -5.95. The zero-order chi connectivity index (χ0) is 16.7. The van der Waals surface area contributed by atoms with Crippen molar-refractivity contribution in [2.24, 2.45) is 0 Å². The lowest BCUT2D eigenvalue weighted by atomic mass is 9.96. The lowest BCUT2D eigenvalue weighted by molar-refractivity contribution is -0.131. The van der Waals surface area contributed by atoms with Crippen LogP contribution in [0.15, 0.2) is 48.7 Å². The first-order valence-electron chi connectivity index (χ1n) is 6.85. The first kappa shape index (κ1) is 18.3. The highest BCUT2D eigenvalue weighted by Crippen LogP contribution is 2.16. The van der Waals surface area contributed by atoms with Crippen molar-refractivity contribution in [2.45, 2.75) is 36.9 Å². The molecule has 0 heterocycles. The molecular formula is C16H22O6. The average molecular weight is 310 g/mol. The number of hydrogen-bond donors (Lipinski definition) is 6. The molecule has 122 valence electrons. The summed E-state index contributed by atoms with van der Waals surface area (Å²) in [6.45, 7) is 3.38. The normalized spacial score (nSPS) is 19.0. The van der Waals surface area contributed by atoms with Crippen LogP contribution < -0.4 is 0 Å². The molecule has 0 aliphatic rings. The Bertz CT molecular complexity index is 487. The number of aliphatic hydroxyl groups excluding tert-OH is 6. The minimum atomic E-state index is -1.87. The van der Waals surface area contributed by atoms with Crippen LogP contribution in [0.5, 0.6) is 0 Å². The van der Waals surface area contributed by atoms with Crippen LogP contribution in [0, 0.1) is 0 Å². The molecule has 1 rings (SSSR count). The largest absolute Gasteiger partial charge is 0.509 e. The van der Waals surface area contributed by atoms with E-state index >= 15 is 0 Å². The predicted molar refractivity (Wildman–Crippen MR) is 81.9 cm³/mol. The SMILES string of the molecule is C=CCC(O)C(O)C(O)C(O)C(O)C(O)=Cc1ccccc1. The Morgan fingerprint density at radius 1 is 0.955 bits per heavy atom. The summed E-state index contributed by atoms with van der Waals surface area (Å²) in [4.78, 5) is 0. The zero-order valence-corrected chi connectivity index (χ0v) is 12.0. The highest BCUT2D eigenvalue weighted by molar-refractivity contribution is 5.51. The van der Waals surface area contributed by atoms with Crippen LogP contribution in [-0.4, -0.2) is 61.2 Å². The Morgan fingerprint density at radius 2 is 1.55 bits per heavy atom. The van der Waals surface area contributed by atoms with Crippen molar-refractivity contribution < 1.29 is 30.6 Å². The number of rotatable bonds is 8. The van der Waals surface area contributed by atoms with E-state index in [-0.39, 0.29) is 6.42 Å². The van der Waals surface area contributed by atoms with Crippen molar-refractivity contribution in [1.82, 2.24) is 0 Å². The molecule has 0 spiro atoms. The molecule has 5 unspecified atom stereocenters. The second-order valence-electron chi connectivity index (χ2n) is 4.99. The van der Waals surface area contributed by atoms with Crippen LogP contribution in [0.4, 0.5) is 0 Å². The Morgan fingerprint density at radius 3 is 2.09 bits per heavy atom. The summed E-state index contributed by atoms with van der Waals surface area (Å²) in [6, 6.07) is 8.59. The van der Waals surface area contributed by atoms with Gasteiger partial charge in [0.05, 0.1) is 6.10 Å². The summed E-state index contributed by atoms with van der Waals surface area (Å²) in [5.74, 6) is -0.567. The second-order valence-corrected chi connectivity index (χ2v) is 4.99.